The maximum absolute atomic E-state index is 13.5. The van der Waals surface area contributed by atoms with Crippen molar-refractivity contribution in [2.24, 2.45) is 0 Å². The first kappa shape index (κ1) is 18.0. The Hall–Kier alpha value is -3.36. The van der Waals surface area contributed by atoms with Gasteiger partial charge < -0.3 is 10.1 Å². The summed E-state index contributed by atoms with van der Waals surface area (Å²) in [5.74, 6) is -3.34. The molecule has 0 spiro atoms. The van der Waals surface area contributed by atoms with Gasteiger partial charge in [-0.1, -0.05) is 0 Å². The number of nitrogens with one attached hydrogen (secondary N) is 1. The van der Waals surface area contributed by atoms with Crippen molar-refractivity contribution < 1.29 is 28.0 Å². The summed E-state index contributed by atoms with van der Waals surface area (Å²) in [6, 6.07) is 7.11. The fourth-order valence-corrected chi connectivity index (χ4v) is 1.83. The molecule has 0 aliphatic carbocycles. The van der Waals surface area contributed by atoms with E-state index in [1.165, 1.54) is 19.1 Å². The van der Waals surface area contributed by atoms with E-state index in [0.717, 1.165) is 30.3 Å². The molecule has 1 amide bonds. The van der Waals surface area contributed by atoms with E-state index in [4.69, 9.17) is 4.74 Å². The highest BCUT2D eigenvalue weighted by molar-refractivity contribution is 5.97. The minimum Gasteiger partial charge on any atom is -0.449 e. The molecule has 0 heterocycles. The number of non-ortho nitro benzene ring substituents is 1. The zero-order chi connectivity index (χ0) is 18.6. The summed E-state index contributed by atoms with van der Waals surface area (Å²) in [6.07, 6.45) is -1.30. The molecule has 1 unspecified atom stereocenters. The molecule has 2 rings (SSSR count). The predicted molar refractivity (Wildman–Crippen MR) is 83.0 cm³/mol. The Balaban J connectivity index is 2.01. The summed E-state index contributed by atoms with van der Waals surface area (Å²) in [5, 5.41) is 12.7. The lowest BCUT2D eigenvalue weighted by atomic mass is 10.2. The Bertz CT molecular complexity index is 824. The third-order valence-electron chi connectivity index (χ3n) is 3.15. The van der Waals surface area contributed by atoms with Crippen LogP contribution in [0, 0.1) is 21.7 Å². The van der Waals surface area contributed by atoms with Crippen molar-refractivity contribution in [1.82, 2.24) is 0 Å². The number of hydrogen-bond donors (Lipinski definition) is 1. The number of esters is 1. The summed E-state index contributed by atoms with van der Waals surface area (Å²) in [7, 11) is 0. The second kappa shape index (κ2) is 7.47. The second-order valence-electron chi connectivity index (χ2n) is 4.96. The van der Waals surface area contributed by atoms with E-state index in [9.17, 15) is 28.5 Å². The van der Waals surface area contributed by atoms with Crippen molar-refractivity contribution in [3.63, 3.8) is 0 Å². The number of nitro groups is 1. The third-order valence-corrected chi connectivity index (χ3v) is 3.15. The number of carbonyl (C=O) groups is 2. The molecule has 25 heavy (non-hydrogen) atoms. The van der Waals surface area contributed by atoms with Crippen LogP contribution in [0.5, 0.6) is 0 Å². The molecule has 0 aliphatic heterocycles. The fourth-order valence-electron chi connectivity index (χ4n) is 1.83. The van der Waals surface area contributed by atoms with E-state index >= 15 is 0 Å². The largest absolute Gasteiger partial charge is 0.449 e. The van der Waals surface area contributed by atoms with Gasteiger partial charge in [0.1, 0.15) is 11.6 Å². The Labute approximate surface area is 140 Å². The van der Waals surface area contributed by atoms with Gasteiger partial charge in [-0.05, 0) is 31.2 Å². The van der Waals surface area contributed by atoms with Crippen molar-refractivity contribution in [2.45, 2.75) is 13.0 Å². The van der Waals surface area contributed by atoms with Gasteiger partial charge in [-0.25, -0.2) is 13.6 Å². The van der Waals surface area contributed by atoms with Crippen LogP contribution in [0.2, 0.25) is 0 Å². The third kappa shape index (κ3) is 4.56. The van der Waals surface area contributed by atoms with Gasteiger partial charge in [-0.2, -0.15) is 0 Å². The SMILES string of the molecule is CC(OC(=O)c1ccc([N+](=O)[O-])cc1)C(=O)Nc1cc(F)ccc1F. The molecular weight excluding hydrogens is 338 g/mol. The topological polar surface area (TPSA) is 98.5 Å². The van der Waals surface area contributed by atoms with Gasteiger partial charge in [-0.3, -0.25) is 14.9 Å². The van der Waals surface area contributed by atoms with Gasteiger partial charge in [0.25, 0.3) is 11.6 Å². The summed E-state index contributed by atoms with van der Waals surface area (Å²) in [5.41, 5.74) is -0.589. The number of amides is 1. The van der Waals surface area contributed by atoms with Gasteiger partial charge in [0.2, 0.25) is 0 Å². The minimum atomic E-state index is -1.30. The number of hydrogen-bond acceptors (Lipinski definition) is 5. The first-order valence-corrected chi connectivity index (χ1v) is 6.99. The molecule has 0 bridgehead atoms. The number of halogens is 2. The zero-order valence-electron chi connectivity index (χ0n) is 12.9. The van der Waals surface area contributed by atoms with Gasteiger partial charge in [0.05, 0.1) is 16.2 Å². The highest BCUT2D eigenvalue weighted by Crippen LogP contribution is 2.17. The Morgan fingerprint density at radius 3 is 2.40 bits per heavy atom. The Morgan fingerprint density at radius 2 is 1.80 bits per heavy atom. The molecule has 2 aromatic carbocycles. The molecule has 0 radical (unpaired) electrons. The molecule has 2 aromatic rings. The lowest BCUT2D eigenvalue weighted by molar-refractivity contribution is -0.384. The van der Waals surface area contributed by atoms with Crippen LogP contribution in [0.25, 0.3) is 0 Å². The average molecular weight is 350 g/mol. The van der Waals surface area contributed by atoms with E-state index in [1.54, 1.807) is 0 Å². The highest BCUT2D eigenvalue weighted by atomic mass is 19.1. The minimum absolute atomic E-state index is 0.00202. The average Bonchev–Trinajstić information content (AvgIpc) is 2.58. The Morgan fingerprint density at radius 1 is 1.16 bits per heavy atom. The van der Waals surface area contributed by atoms with Crippen molar-refractivity contribution in [3.8, 4) is 0 Å². The van der Waals surface area contributed by atoms with Crippen molar-refractivity contribution in [2.75, 3.05) is 5.32 Å². The molecule has 1 atom stereocenters. The van der Waals surface area contributed by atoms with Crippen LogP contribution in [-0.4, -0.2) is 22.9 Å². The number of nitro benzene ring substituents is 1. The van der Waals surface area contributed by atoms with Gasteiger partial charge >= 0.3 is 5.97 Å². The van der Waals surface area contributed by atoms with Crippen LogP contribution in [0.15, 0.2) is 42.5 Å². The lowest BCUT2D eigenvalue weighted by Gasteiger charge is -2.14. The molecule has 0 saturated heterocycles. The molecule has 0 aliphatic rings. The maximum atomic E-state index is 13.5. The zero-order valence-corrected chi connectivity index (χ0v) is 12.9. The van der Waals surface area contributed by atoms with Crippen LogP contribution in [0.3, 0.4) is 0 Å². The van der Waals surface area contributed by atoms with Gasteiger partial charge in [0, 0.05) is 18.2 Å². The number of anilines is 1. The molecule has 0 fully saturated rings. The number of ether oxygens (including phenoxy) is 1. The van der Waals surface area contributed by atoms with E-state index in [1.807, 2.05) is 0 Å². The maximum Gasteiger partial charge on any atom is 0.338 e. The van der Waals surface area contributed by atoms with Crippen LogP contribution in [0.4, 0.5) is 20.2 Å². The predicted octanol–water partition coefficient (Wildman–Crippen LogP) is 3.06. The van der Waals surface area contributed by atoms with Crippen LogP contribution >= 0.6 is 0 Å². The number of rotatable bonds is 5. The summed E-state index contributed by atoms with van der Waals surface area (Å²) in [6.45, 7) is 1.25. The van der Waals surface area contributed by atoms with Gasteiger partial charge in [-0.15, -0.1) is 0 Å². The molecule has 0 saturated carbocycles. The summed E-state index contributed by atoms with van der Waals surface area (Å²) >= 11 is 0. The second-order valence-corrected chi connectivity index (χ2v) is 4.96. The van der Waals surface area contributed by atoms with Crippen molar-refractivity contribution >= 4 is 23.3 Å². The molecule has 9 heteroatoms. The standard InChI is InChI=1S/C16H12F2N2O5/c1-9(15(21)19-14-8-11(17)4-7-13(14)18)25-16(22)10-2-5-12(6-3-10)20(23)24/h2-9H,1H3,(H,19,21). The summed E-state index contributed by atoms with van der Waals surface area (Å²) < 4.78 is 31.5. The number of benzene rings is 2. The molecule has 1 N–H and O–H groups in total. The van der Waals surface area contributed by atoms with E-state index in [2.05, 4.69) is 5.32 Å². The normalized spacial score (nSPS) is 11.5. The Kier molecular flexibility index (Phi) is 5.38. The molecule has 7 nitrogen and oxygen atoms in total. The quantitative estimate of drug-likeness (QED) is 0.508. The van der Waals surface area contributed by atoms with Crippen LogP contribution < -0.4 is 5.32 Å². The smallest absolute Gasteiger partial charge is 0.338 e. The van der Waals surface area contributed by atoms with E-state index < -0.39 is 34.5 Å². The molecular formula is C16H12F2N2O5. The summed E-state index contributed by atoms with van der Waals surface area (Å²) in [4.78, 5) is 33.8. The van der Waals surface area contributed by atoms with E-state index in [-0.39, 0.29) is 16.9 Å². The first-order valence-electron chi connectivity index (χ1n) is 6.99. The number of carbonyl (C=O) groups excluding carboxylic acids is 2. The molecule has 0 aromatic heterocycles. The van der Waals surface area contributed by atoms with Crippen LogP contribution in [-0.2, 0) is 9.53 Å². The highest BCUT2D eigenvalue weighted by Gasteiger charge is 2.20. The first-order chi connectivity index (χ1) is 11.8. The van der Waals surface area contributed by atoms with Crippen molar-refractivity contribution in [3.05, 3.63) is 69.8 Å². The lowest BCUT2D eigenvalue weighted by Crippen LogP contribution is -2.30. The van der Waals surface area contributed by atoms with Gasteiger partial charge in [0.15, 0.2) is 6.10 Å². The monoisotopic (exact) mass is 350 g/mol. The molecule has 130 valence electrons. The van der Waals surface area contributed by atoms with Crippen molar-refractivity contribution in [1.29, 1.82) is 0 Å². The fraction of sp³-hybridized carbons (Fsp3) is 0.125. The number of nitrogens with zero attached hydrogens (tertiary/aromatic N) is 1. The van der Waals surface area contributed by atoms with E-state index in [0.29, 0.717) is 0 Å². The van der Waals surface area contributed by atoms with Crippen LogP contribution in [0.1, 0.15) is 17.3 Å².